The maximum atomic E-state index is 12.6. The topological polar surface area (TPSA) is 52.4 Å². The van der Waals surface area contributed by atoms with Gasteiger partial charge >= 0.3 is 6.18 Å². The van der Waals surface area contributed by atoms with Gasteiger partial charge in [0.25, 0.3) is 0 Å². The van der Waals surface area contributed by atoms with Crippen LogP contribution in [0.3, 0.4) is 0 Å². The third-order valence-electron chi connectivity index (χ3n) is 4.41. The predicted octanol–water partition coefficient (Wildman–Crippen LogP) is 3.17. The number of nitriles is 1. The third-order valence-corrected chi connectivity index (χ3v) is 4.41. The molecule has 0 bridgehead atoms. The molecule has 0 N–H and O–H groups in total. The SMILES string of the molecule is N#Cc1cccc(OCCN2CCN(c3ccc(C(F)(F)F)cn3)CC2)c1. The van der Waals surface area contributed by atoms with Crippen LogP contribution in [0, 0.1) is 11.3 Å². The van der Waals surface area contributed by atoms with Gasteiger partial charge in [0.2, 0.25) is 0 Å². The Morgan fingerprint density at radius 1 is 1.11 bits per heavy atom. The average molecular weight is 376 g/mol. The van der Waals surface area contributed by atoms with Gasteiger partial charge in [-0.3, -0.25) is 4.90 Å². The Morgan fingerprint density at radius 3 is 2.52 bits per heavy atom. The molecular formula is C19H19F3N4O. The van der Waals surface area contributed by atoms with E-state index in [1.54, 1.807) is 18.2 Å². The first-order chi connectivity index (χ1) is 13.0. The zero-order valence-corrected chi connectivity index (χ0v) is 14.6. The third kappa shape index (κ3) is 5.11. The first kappa shape index (κ1) is 19.0. The van der Waals surface area contributed by atoms with Crippen LogP contribution in [0.15, 0.2) is 42.6 Å². The van der Waals surface area contributed by atoms with Crippen molar-refractivity contribution < 1.29 is 17.9 Å². The molecule has 0 aliphatic carbocycles. The van der Waals surface area contributed by atoms with Crippen LogP contribution in [0.2, 0.25) is 0 Å². The summed E-state index contributed by atoms with van der Waals surface area (Å²) in [5.74, 6) is 1.23. The molecule has 8 heteroatoms. The molecule has 1 aromatic carbocycles. The van der Waals surface area contributed by atoms with E-state index in [9.17, 15) is 13.2 Å². The Balaban J connectivity index is 1.44. The molecule has 27 heavy (non-hydrogen) atoms. The van der Waals surface area contributed by atoms with Crippen LogP contribution in [0.5, 0.6) is 5.75 Å². The van der Waals surface area contributed by atoms with Crippen molar-refractivity contribution in [3.05, 3.63) is 53.7 Å². The molecule has 0 unspecified atom stereocenters. The van der Waals surface area contributed by atoms with Crippen molar-refractivity contribution in [1.82, 2.24) is 9.88 Å². The molecule has 5 nitrogen and oxygen atoms in total. The van der Waals surface area contributed by atoms with Gasteiger partial charge in [0.15, 0.2) is 0 Å². The summed E-state index contributed by atoms with van der Waals surface area (Å²) in [6, 6.07) is 11.6. The van der Waals surface area contributed by atoms with Crippen molar-refractivity contribution in [1.29, 1.82) is 5.26 Å². The van der Waals surface area contributed by atoms with E-state index in [4.69, 9.17) is 10.00 Å². The van der Waals surface area contributed by atoms with E-state index in [1.165, 1.54) is 6.07 Å². The highest BCUT2D eigenvalue weighted by Gasteiger charge is 2.31. The normalized spacial score (nSPS) is 15.4. The summed E-state index contributed by atoms with van der Waals surface area (Å²) >= 11 is 0. The number of anilines is 1. The molecule has 1 saturated heterocycles. The van der Waals surface area contributed by atoms with Crippen LogP contribution in [0.4, 0.5) is 19.0 Å². The minimum absolute atomic E-state index is 0.507. The summed E-state index contributed by atoms with van der Waals surface area (Å²) in [5.41, 5.74) is -0.173. The maximum absolute atomic E-state index is 12.6. The Kier molecular flexibility index (Phi) is 5.81. The number of nitrogens with zero attached hydrogens (tertiary/aromatic N) is 4. The molecule has 2 aromatic rings. The summed E-state index contributed by atoms with van der Waals surface area (Å²) in [4.78, 5) is 8.16. The Bertz CT molecular complexity index is 794. The van der Waals surface area contributed by atoms with Crippen molar-refractivity contribution in [2.45, 2.75) is 6.18 Å². The van der Waals surface area contributed by atoms with Crippen molar-refractivity contribution in [2.75, 3.05) is 44.2 Å². The molecule has 0 atom stereocenters. The second-order valence-corrected chi connectivity index (χ2v) is 6.22. The van der Waals surface area contributed by atoms with Gasteiger partial charge < -0.3 is 9.64 Å². The van der Waals surface area contributed by atoms with E-state index >= 15 is 0 Å². The monoisotopic (exact) mass is 376 g/mol. The lowest BCUT2D eigenvalue weighted by atomic mass is 10.2. The molecule has 3 rings (SSSR count). The van der Waals surface area contributed by atoms with Crippen molar-refractivity contribution in [3.8, 4) is 11.8 Å². The number of pyridine rings is 1. The molecule has 1 aliphatic rings. The van der Waals surface area contributed by atoms with Gasteiger partial charge in [-0.05, 0) is 30.3 Å². The van der Waals surface area contributed by atoms with Gasteiger partial charge in [-0.15, -0.1) is 0 Å². The van der Waals surface area contributed by atoms with Gasteiger partial charge in [-0.25, -0.2) is 4.98 Å². The highest BCUT2D eigenvalue weighted by molar-refractivity contribution is 5.40. The minimum Gasteiger partial charge on any atom is -0.492 e. The predicted molar refractivity (Wildman–Crippen MR) is 94.5 cm³/mol. The second-order valence-electron chi connectivity index (χ2n) is 6.22. The second kappa shape index (κ2) is 8.27. The summed E-state index contributed by atoms with van der Waals surface area (Å²) < 4.78 is 43.5. The molecule has 0 amide bonds. The average Bonchev–Trinajstić information content (AvgIpc) is 2.68. The van der Waals surface area contributed by atoms with E-state index in [2.05, 4.69) is 16.0 Å². The van der Waals surface area contributed by atoms with E-state index in [0.717, 1.165) is 31.9 Å². The fourth-order valence-electron chi connectivity index (χ4n) is 2.89. The number of alkyl halides is 3. The molecule has 142 valence electrons. The Labute approximate surface area is 155 Å². The quantitative estimate of drug-likeness (QED) is 0.802. The lowest BCUT2D eigenvalue weighted by Crippen LogP contribution is -2.47. The lowest BCUT2D eigenvalue weighted by molar-refractivity contribution is -0.137. The number of hydrogen-bond acceptors (Lipinski definition) is 5. The molecule has 0 saturated carbocycles. The van der Waals surface area contributed by atoms with Crippen molar-refractivity contribution >= 4 is 5.82 Å². The minimum atomic E-state index is -4.36. The number of piperazine rings is 1. The molecule has 0 spiro atoms. The van der Waals surface area contributed by atoms with E-state index < -0.39 is 11.7 Å². The van der Waals surface area contributed by atoms with Gasteiger partial charge in [0.1, 0.15) is 18.2 Å². The summed E-state index contributed by atoms with van der Waals surface area (Å²) in [5, 5.41) is 8.89. The number of aromatic nitrogens is 1. The summed E-state index contributed by atoms with van der Waals surface area (Å²) in [6.07, 6.45) is -3.48. The summed E-state index contributed by atoms with van der Waals surface area (Å²) in [7, 11) is 0. The van der Waals surface area contributed by atoms with Gasteiger partial charge in [0.05, 0.1) is 17.2 Å². The molecule has 1 aliphatic heterocycles. The number of hydrogen-bond donors (Lipinski definition) is 0. The number of ether oxygens (including phenoxy) is 1. The van der Waals surface area contributed by atoms with Gasteiger partial charge in [-0.2, -0.15) is 18.4 Å². The number of halogens is 3. The standard InChI is InChI=1S/C19H19F3N4O/c20-19(21,22)16-4-5-18(24-14-16)26-8-6-25(7-9-26)10-11-27-17-3-1-2-15(12-17)13-23/h1-5,12,14H,6-11H2. The van der Waals surface area contributed by atoms with Crippen LogP contribution in [-0.4, -0.2) is 49.2 Å². The van der Waals surface area contributed by atoms with E-state index in [-0.39, 0.29) is 0 Å². The fourth-order valence-corrected chi connectivity index (χ4v) is 2.89. The molecule has 0 radical (unpaired) electrons. The number of rotatable bonds is 5. The lowest BCUT2D eigenvalue weighted by Gasteiger charge is -2.35. The smallest absolute Gasteiger partial charge is 0.417 e. The molecule has 1 aromatic heterocycles. The zero-order chi connectivity index (χ0) is 19.3. The van der Waals surface area contributed by atoms with E-state index in [1.807, 2.05) is 11.0 Å². The highest BCUT2D eigenvalue weighted by atomic mass is 19.4. The molecular weight excluding hydrogens is 357 g/mol. The van der Waals surface area contributed by atoms with Crippen molar-refractivity contribution in [3.63, 3.8) is 0 Å². The fraction of sp³-hybridized carbons (Fsp3) is 0.368. The van der Waals surface area contributed by atoms with Crippen molar-refractivity contribution in [2.24, 2.45) is 0 Å². The van der Waals surface area contributed by atoms with E-state index in [0.29, 0.717) is 36.8 Å². The zero-order valence-electron chi connectivity index (χ0n) is 14.6. The first-order valence-electron chi connectivity index (χ1n) is 8.59. The largest absolute Gasteiger partial charge is 0.492 e. The Morgan fingerprint density at radius 2 is 1.89 bits per heavy atom. The van der Waals surface area contributed by atoms with Crippen LogP contribution < -0.4 is 9.64 Å². The van der Waals surface area contributed by atoms with Crippen LogP contribution in [0.25, 0.3) is 0 Å². The van der Waals surface area contributed by atoms with Gasteiger partial charge in [0, 0.05) is 38.9 Å². The maximum Gasteiger partial charge on any atom is 0.417 e. The van der Waals surface area contributed by atoms with Crippen LogP contribution in [-0.2, 0) is 6.18 Å². The highest BCUT2D eigenvalue weighted by Crippen LogP contribution is 2.29. The number of benzene rings is 1. The Hall–Kier alpha value is -2.79. The van der Waals surface area contributed by atoms with Crippen LogP contribution in [0.1, 0.15) is 11.1 Å². The van der Waals surface area contributed by atoms with Crippen LogP contribution >= 0.6 is 0 Å². The first-order valence-corrected chi connectivity index (χ1v) is 8.59. The molecule has 1 fully saturated rings. The molecule has 2 heterocycles. The van der Waals surface area contributed by atoms with Gasteiger partial charge in [-0.1, -0.05) is 6.07 Å². The summed E-state index contributed by atoms with van der Waals surface area (Å²) in [6.45, 7) is 4.21.